The van der Waals surface area contributed by atoms with Gasteiger partial charge in [-0.25, -0.2) is 0 Å². The van der Waals surface area contributed by atoms with Crippen molar-refractivity contribution >= 4 is 43.6 Å². The molecule has 0 amide bonds. The Labute approximate surface area is 252 Å². The second-order valence-electron chi connectivity index (χ2n) is 10.9. The van der Waals surface area contributed by atoms with E-state index >= 15 is 0 Å². The molecule has 0 atom stereocenters. The van der Waals surface area contributed by atoms with E-state index in [1.807, 2.05) is 24.3 Å². The van der Waals surface area contributed by atoms with E-state index in [0.717, 1.165) is 22.5 Å². The van der Waals surface area contributed by atoms with E-state index in [2.05, 4.69) is 151 Å². The molecule has 6 heteroatoms. The van der Waals surface area contributed by atoms with E-state index in [1.54, 1.807) is 0 Å². The molecule has 9 rings (SSSR count). The molecule has 9 aromatic rings. The lowest BCUT2D eigenvalue weighted by Crippen LogP contribution is -2.00. The van der Waals surface area contributed by atoms with Crippen LogP contribution in [-0.2, 0) is 0 Å². The fourth-order valence-electron chi connectivity index (χ4n) is 6.38. The summed E-state index contributed by atoms with van der Waals surface area (Å²) >= 11 is 0. The van der Waals surface area contributed by atoms with E-state index in [9.17, 15) is 0 Å². The van der Waals surface area contributed by atoms with Crippen LogP contribution in [0.15, 0.2) is 146 Å². The van der Waals surface area contributed by atoms with Crippen molar-refractivity contribution < 1.29 is 0 Å². The van der Waals surface area contributed by atoms with Crippen LogP contribution in [0, 0.1) is 0 Å². The smallest absolute Gasteiger partial charge is 0.203 e. The van der Waals surface area contributed by atoms with Crippen molar-refractivity contribution in [3.8, 4) is 34.2 Å². The second-order valence-corrected chi connectivity index (χ2v) is 10.9. The molecular weight excluding hydrogens is 540 g/mol. The molecule has 0 saturated carbocycles. The van der Waals surface area contributed by atoms with Crippen molar-refractivity contribution in [2.24, 2.45) is 0 Å². The molecule has 0 bridgehead atoms. The van der Waals surface area contributed by atoms with Gasteiger partial charge in [0, 0.05) is 44.0 Å². The maximum Gasteiger partial charge on any atom is 0.203 e. The molecular formula is C38H24N6. The molecule has 0 saturated heterocycles. The average molecular weight is 565 g/mol. The zero-order chi connectivity index (χ0) is 29.0. The number of rotatable bonds is 4. The van der Waals surface area contributed by atoms with Crippen molar-refractivity contribution in [3.05, 3.63) is 146 Å². The van der Waals surface area contributed by atoms with Crippen LogP contribution in [0.3, 0.4) is 0 Å². The molecule has 6 nitrogen and oxygen atoms in total. The molecule has 44 heavy (non-hydrogen) atoms. The number of nitrogens with zero attached hydrogens (tertiary/aromatic N) is 6. The van der Waals surface area contributed by atoms with E-state index in [4.69, 9.17) is 0 Å². The Bertz CT molecular complexity index is 2190. The Morgan fingerprint density at radius 2 is 0.568 bits per heavy atom. The summed E-state index contributed by atoms with van der Waals surface area (Å²) in [4.78, 5) is 0. The SMILES string of the molecule is c1ccc2c(c1)c1ccccc1n2-c1ccc(-c2nnc(-c3ccc(-n4c5ccccc5c5ccccc54)cc3)nn2)cc1. The summed E-state index contributed by atoms with van der Waals surface area (Å²) < 4.78 is 4.58. The normalized spacial score (nSPS) is 11.6. The van der Waals surface area contributed by atoms with Crippen LogP contribution in [0.5, 0.6) is 0 Å². The minimum atomic E-state index is 0.490. The number of benzene rings is 6. The molecule has 0 spiro atoms. The lowest BCUT2D eigenvalue weighted by atomic mass is 10.2. The first kappa shape index (κ1) is 24.5. The number of aromatic nitrogens is 6. The maximum atomic E-state index is 4.44. The Hall–Kier alpha value is -6.14. The van der Waals surface area contributed by atoms with Gasteiger partial charge in [-0.1, -0.05) is 72.8 Å². The largest absolute Gasteiger partial charge is 0.309 e. The van der Waals surface area contributed by atoms with Crippen molar-refractivity contribution in [1.29, 1.82) is 0 Å². The van der Waals surface area contributed by atoms with E-state index in [-0.39, 0.29) is 0 Å². The first-order valence-electron chi connectivity index (χ1n) is 14.6. The molecule has 0 aliphatic carbocycles. The third kappa shape index (κ3) is 3.75. The van der Waals surface area contributed by atoms with Gasteiger partial charge in [0.25, 0.3) is 0 Å². The Morgan fingerprint density at radius 1 is 0.295 bits per heavy atom. The van der Waals surface area contributed by atoms with Gasteiger partial charge in [0.1, 0.15) is 0 Å². The summed E-state index contributed by atoms with van der Waals surface area (Å²) in [6.07, 6.45) is 0. The minimum Gasteiger partial charge on any atom is -0.309 e. The highest BCUT2D eigenvalue weighted by Gasteiger charge is 2.14. The van der Waals surface area contributed by atoms with E-state index < -0.39 is 0 Å². The molecule has 0 fully saturated rings. The molecule has 3 heterocycles. The average Bonchev–Trinajstić information content (AvgIpc) is 3.62. The highest BCUT2D eigenvalue weighted by atomic mass is 15.3. The molecule has 206 valence electrons. The molecule has 0 N–H and O–H groups in total. The lowest BCUT2D eigenvalue weighted by molar-refractivity contribution is 0.876. The van der Waals surface area contributed by atoms with Crippen LogP contribution in [0.1, 0.15) is 0 Å². The summed E-state index contributed by atoms with van der Waals surface area (Å²) in [6.45, 7) is 0. The van der Waals surface area contributed by atoms with Crippen LogP contribution >= 0.6 is 0 Å². The second kappa shape index (κ2) is 9.71. The summed E-state index contributed by atoms with van der Waals surface area (Å²) in [5, 5.41) is 22.7. The topological polar surface area (TPSA) is 61.4 Å². The fourth-order valence-corrected chi connectivity index (χ4v) is 6.38. The monoisotopic (exact) mass is 564 g/mol. The zero-order valence-corrected chi connectivity index (χ0v) is 23.5. The van der Waals surface area contributed by atoms with Gasteiger partial charge in [-0.05, 0) is 72.8 Å². The van der Waals surface area contributed by atoms with Crippen molar-refractivity contribution in [2.75, 3.05) is 0 Å². The van der Waals surface area contributed by atoms with Gasteiger partial charge in [0.2, 0.25) is 11.6 Å². The van der Waals surface area contributed by atoms with Gasteiger partial charge in [-0.2, -0.15) is 0 Å². The zero-order valence-electron chi connectivity index (χ0n) is 23.5. The number of para-hydroxylation sites is 4. The van der Waals surface area contributed by atoms with Gasteiger partial charge in [0.15, 0.2) is 0 Å². The first-order chi connectivity index (χ1) is 21.8. The van der Waals surface area contributed by atoms with Crippen molar-refractivity contribution in [1.82, 2.24) is 29.5 Å². The highest BCUT2D eigenvalue weighted by Crippen LogP contribution is 2.33. The van der Waals surface area contributed by atoms with Gasteiger partial charge in [0.05, 0.1) is 22.1 Å². The van der Waals surface area contributed by atoms with Crippen LogP contribution in [0.2, 0.25) is 0 Å². The van der Waals surface area contributed by atoms with Crippen molar-refractivity contribution in [2.45, 2.75) is 0 Å². The predicted molar refractivity (Wildman–Crippen MR) is 177 cm³/mol. The first-order valence-corrected chi connectivity index (χ1v) is 14.6. The maximum absolute atomic E-state index is 4.44. The number of hydrogen-bond donors (Lipinski definition) is 0. The summed E-state index contributed by atoms with van der Waals surface area (Å²) in [5.74, 6) is 0.980. The quantitative estimate of drug-likeness (QED) is 0.214. The molecule has 6 aromatic carbocycles. The predicted octanol–water partition coefficient (Wildman–Crippen LogP) is 8.79. The van der Waals surface area contributed by atoms with Crippen LogP contribution < -0.4 is 0 Å². The Morgan fingerprint density at radius 3 is 0.864 bits per heavy atom. The van der Waals surface area contributed by atoms with E-state index in [1.165, 1.54) is 43.6 Å². The number of fused-ring (bicyclic) bond motifs is 6. The van der Waals surface area contributed by atoms with Gasteiger partial charge in [-0.15, -0.1) is 20.4 Å². The van der Waals surface area contributed by atoms with Crippen LogP contribution in [-0.4, -0.2) is 29.5 Å². The third-order valence-corrected chi connectivity index (χ3v) is 8.41. The van der Waals surface area contributed by atoms with Gasteiger partial charge >= 0.3 is 0 Å². The van der Waals surface area contributed by atoms with Crippen molar-refractivity contribution in [3.63, 3.8) is 0 Å². The molecule has 0 unspecified atom stereocenters. The molecule has 0 aliphatic heterocycles. The fraction of sp³-hybridized carbons (Fsp3) is 0. The minimum absolute atomic E-state index is 0.490. The molecule has 3 aromatic heterocycles. The number of hydrogen-bond acceptors (Lipinski definition) is 4. The molecule has 0 aliphatic rings. The lowest BCUT2D eigenvalue weighted by Gasteiger charge is -2.09. The van der Waals surface area contributed by atoms with Crippen LogP contribution in [0.25, 0.3) is 77.8 Å². The summed E-state index contributed by atoms with van der Waals surface area (Å²) in [5.41, 5.74) is 8.58. The van der Waals surface area contributed by atoms with Crippen LogP contribution in [0.4, 0.5) is 0 Å². The van der Waals surface area contributed by atoms with E-state index in [0.29, 0.717) is 11.6 Å². The Balaban J connectivity index is 1.02. The Kier molecular flexibility index (Phi) is 5.40. The third-order valence-electron chi connectivity index (χ3n) is 8.41. The van der Waals surface area contributed by atoms with Gasteiger partial charge in [-0.3, -0.25) is 0 Å². The van der Waals surface area contributed by atoms with Gasteiger partial charge < -0.3 is 9.13 Å². The summed E-state index contributed by atoms with van der Waals surface area (Å²) in [7, 11) is 0. The molecule has 0 radical (unpaired) electrons. The summed E-state index contributed by atoms with van der Waals surface area (Å²) in [6, 6.07) is 50.5. The highest BCUT2D eigenvalue weighted by molar-refractivity contribution is 6.10. The standard InChI is InChI=1S/C38H24N6/c1-5-13-33-29(9-1)30-10-2-6-14-34(30)43(33)27-21-17-25(18-22-27)37-39-41-38(42-40-37)26-19-23-28(24-20-26)44-35-15-7-3-11-31(35)32-12-4-8-16-36(32)44/h1-24H.